The first-order valence-corrected chi connectivity index (χ1v) is 7.72. The van der Waals surface area contributed by atoms with E-state index in [4.69, 9.17) is 9.52 Å². The Labute approximate surface area is 109 Å². The fourth-order valence-corrected chi connectivity index (χ4v) is 4.05. The highest BCUT2D eigenvalue weighted by Crippen LogP contribution is 2.26. The van der Waals surface area contributed by atoms with Crippen LogP contribution in [0.4, 0.5) is 0 Å². The Bertz CT molecular complexity index is 458. The lowest BCUT2D eigenvalue weighted by atomic mass is 10.1. The van der Waals surface area contributed by atoms with E-state index in [1.807, 2.05) is 0 Å². The first-order valence-electron chi connectivity index (χ1n) is 6.24. The second kappa shape index (κ2) is 5.69. The maximum Gasteiger partial charge on any atom is 0.371 e. The monoisotopic (exact) mass is 270 g/mol. The lowest BCUT2D eigenvalue weighted by molar-refractivity contribution is 0.0661. The molecule has 1 N–H and O–H groups in total. The van der Waals surface area contributed by atoms with Crippen LogP contribution in [-0.4, -0.2) is 21.0 Å². The van der Waals surface area contributed by atoms with Crippen LogP contribution < -0.4 is 0 Å². The maximum absolute atomic E-state index is 12.0. The molecule has 1 atom stereocenters. The molecule has 0 aliphatic heterocycles. The van der Waals surface area contributed by atoms with E-state index in [9.17, 15) is 9.00 Å². The van der Waals surface area contributed by atoms with Gasteiger partial charge in [-0.2, -0.15) is 0 Å². The van der Waals surface area contributed by atoms with Crippen molar-refractivity contribution in [3.63, 3.8) is 0 Å². The molecule has 0 amide bonds. The lowest BCUT2D eigenvalue weighted by Crippen LogP contribution is -2.09. The first kappa shape index (κ1) is 13.3. The molecule has 4 nitrogen and oxygen atoms in total. The molecule has 1 fully saturated rings. The summed E-state index contributed by atoms with van der Waals surface area (Å²) < 4.78 is 17.1. The number of carboxylic acid groups (broad SMARTS) is 1. The minimum absolute atomic E-state index is 0.0691. The molecule has 0 saturated heterocycles. The molecule has 0 spiro atoms. The Hall–Kier alpha value is -1.10. The van der Waals surface area contributed by atoms with Gasteiger partial charge in [-0.3, -0.25) is 4.21 Å². The number of carbonyl (C=O) groups is 1. The second-order valence-corrected chi connectivity index (χ2v) is 6.40. The topological polar surface area (TPSA) is 67.5 Å². The summed E-state index contributed by atoms with van der Waals surface area (Å²) >= 11 is 0. The number of hydrogen-bond acceptors (Lipinski definition) is 3. The fourth-order valence-electron chi connectivity index (χ4n) is 2.44. The summed E-state index contributed by atoms with van der Waals surface area (Å²) in [6.07, 6.45) is 4.85. The van der Waals surface area contributed by atoms with Crippen LogP contribution in [0, 0.1) is 12.8 Å². The van der Waals surface area contributed by atoms with Gasteiger partial charge in [0.25, 0.3) is 0 Å². The quantitative estimate of drug-likeness (QED) is 0.893. The van der Waals surface area contributed by atoms with E-state index in [0.717, 1.165) is 11.3 Å². The zero-order valence-corrected chi connectivity index (χ0v) is 11.3. The van der Waals surface area contributed by atoms with Crippen LogP contribution in [0.2, 0.25) is 0 Å². The molecule has 1 heterocycles. The highest BCUT2D eigenvalue weighted by molar-refractivity contribution is 7.84. The average Bonchev–Trinajstić information content (AvgIpc) is 2.89. The van der Waals surface area contributed by atoms with Crippen molar-refractivity contribution >= 4 is 16.8 Å². The van der Waals surface area contributed by atoms with Crippen molar-refractivity contribution in [1.82, 2.24) is 0 Å². The summed E-state index contributed by atoms with van der Waals surface area (Å²) in [5.41, 5.74) is 0.753. The van der Waals surface area contributed by atoms with Gasteiger partial charge in [0.05, 0.1) is 5.75 Å². The zero-order chi connectivity index (χ0) is 13.1. The summed E-state index contributed by atoms with van der Waals surface area (Å²) in [6.45, 7) is 1.72. The summed E-state index contributed by atoms with van der Waals surface area (Å²) in [6, 6.07) is 1.49. The van der Waals surface area contributed by atoms with E-state index in [1.165, 1.54) is 31.7 Å². The van der Waals surface area contributed by atoms with Gasteiger partial charge in [-0.1, -0.05) is 12.8 Å². The van der Waals surface area contributed by atoms with Crippen molar-refractivity contribution < 1.29 is 18.5 Å². The van der Waals surface area contributed by atoms with E-state index < -0.39 is 16.8 Å². The van der Waals surface area contributed by atoms with Gasteiger partial charge in [0.2, 0.25) is 5.76 Å². The van der Waals surface area contributed by atoms with Gasteiger partial charge >= 0.3 is 5.97 Å². The van der Waals surface area contributed by atoms with Gasteiger partial charge < -0.3 is 9.52 Å². The van der Waals surface area contributed by atoms with E-state index >= 15 is 0 Å². The zero-order valence-electron chi connectivity index (χ0n) is 10.5. The molecule has 1 saturated carbocycles. The normalized spacial score (nSPS) is 18.1. The van der Waals surface area contributed by atoms with Crippen LogP contribution in [-0.2, 0) is 16.6 Å². The van der Waals surface area contributed by atoms with E-state index in [2.05, 4.69) is 0 Å². The Kier molecular flexibility index (Phi) is 4.22. The molecule has 100 valence electrons. The van der Waals surface area contributed by atoms with Crippen molar-refractivity contribution in [3.05, 3.63) is 23.2 Å². The summed E-state index contributed by atoms with van der Waals surface area (Å²) in [5, 5.41) is 8.82. The molecule has 1 aromatic heterocycles. The second-order valence-electron chi connectivity index (χ2n) is 4.90. The molecule has 1 aliphatic rings. The Morgan fingerprint density at radius 1 is 1.50 bits per heavy atom. The van der Waals surface area contributed by atoms with Crippen molar-refractivity contribution in [3.8, 4) is 0 Å². The van der Waals surface area contributed by atoms with Crippen LogP contribution >= 0.6 is 0 Å². The molecule has 2 rings (SSSR count). The number of aryl methyl sites for hydroxylation is 1. The predicted molar refractivity (Wildman–Crippen MR) is 69.1 cm³/mol. The third-order valence-corrected chi connectivity index (χ3v) is 4.92. The molecule has 0 aromatic carbocycles. The van der Waals surface area contributed by atoms with Crippen LogP contribution in [0.5, 0.6) is 0 Å². The van der Waals surface area contributed by atoms with E-state index in [0.29, 0.717) is 17.4 Å². The number of aromatic carboxylic acids is 1. The van der Waals surface area contributed by atoms with Crippen molar-refractivity contribution in [2.75, 3.05) is 5.75 Å². The molecule has 0 radical (unpaired) electrons. The number of furan rings is 1. The van der Waals surface area contributed by atoms with Crippen molar-refractivity contribution in [1.29, 1.82) is 0 Å². The molecule has 1 aliphatic carbocycles. The Morgan fingerprint density at radius 3 is 2.72 bits per heavy atom. The predicted octanol–water partition coefficient (Wildman–Crippen LogP) is 2.73. The minimum Gasteiger partial charge on any atom is -0.475 e. The average molecular weight is 270 g/mol. The number of carboxylic acids is 1. The van der Waals surface area contributed by atoms with Crippen molar-refractivity contribution in [2.24, 2.45) is 5.92 Å². The highest BCUT2D eigenvalue weighted by Gasteiger charge is 2.20. The molecule has 18 heavy (non-hydrogen) atoms. The lowest BCUT2D eigenvalue weighted by Gasteiger charge is -2.07. The van der Waals surface area contributed by atoms with Gasteiger partial charge in [-0.05, 0) is 31.7 Å². The van der Waals surface area contributed by atoms with E-state index in [1.54, 1.807) is 6.92 Å². The van der Waals surface area contributed by atoms with Gasteiger partial charge in [-0.25, -0.2) is 4.79 Å². The van der Waals surface area contributed by atoms with E-state index in [-0.39, 0.29) is 5.76 Å². The largest absolute Gasteiger partial charge is 0.475 e. The first-order chi connectivity index (χ1) is 8.56. The van der Waals surface area contributed by atoms with Gasteiger partial charge in [0.15, 0.2) is 0 Å². The molecule has 5 heteroatoms. The molecular formula is C13H18O4S. The smallest absolute Gasteiger partial charge is 0.371 e. The molecule has 0 bridgehead atoms. The molecule has 1 aromatic rings. The van der Waals surface area contributed by atoms with Gasteiger partial charge in [0.1, 0.15) is 5.76 Å². The number of rotatable bonds is 5. The van der Waals surface area contributed by atoms with Crippen molar-refractivity contribution in [2.45, 2.75) is 38.4 Å². The van der Waals surface area contributed by atoms with Crippen LogP contribution in [0.15, 0.2) is 10.5 Å². The summed E-state index contributed by atoms with van der Waals surface area (Å²) in [7, 11) is -0.924. The standard InChI is InChI=1S/C13H18O4S/c1-9-11(6-12(17-9)13(14)15)8-18(16)7-10-4-2-3-5-10/h6,10H,2-5,7-8H2,1H3,(H,14,15). The van der Waals surface area contributed by atoms with Gasteiger partial charge in [-0.15, -0.1) is 0 Å². The maximum atomic E-state index is 12.0. The van der Waals surface area contributed by atoms with Crippen LogP contribution in [0.25, 0.3) is 0 Å². The Balaban J connectivity index is 1.95. The summed E-state index contributed by atoms with van der Waals surface area (Å²) in [4.78, 5) is 10.8. The molecular weight excluding hydrogens is 252 g/mol. The van der Waals surface area contributed by atoms with Crippen LogP contribution in [0.3, 0.4) is 0 Å². The minimum atomic E-state index is -1.08. The third-order valence-electron chi connectivity index (χ3n) is 3.44. The highest BCUT2D eigenvalue weighted by atomic mass is 32.2. The van der Waals surface area contributed by atoms with Gasteiger partial charge in [0, 0.05) is 22.1 Å². The van der Waals surface area contributed by atoms with Crippen LogP contribution in [0.1, 0.15) is 47.6 Å². The Morgan fingerprint density at radius 2 is 2.17 bits per heavy atom. The fraction of sp³-hybridized carbons (Fsp3) is 0.615. The summed E-state index contributed by atoms with van der Waals surface area (Å²) in [5.74, 6) is 1.13. The third kappa shape index (κ3) is 3.22. The SMILES string of the molecule is Cc1oc(C(=O)O)cc1CS(=O)CC1CCCC1. The number of hydrogen-bond donors (Lipinski definition) is 1. The molecule has 1 unspecified atom stereocenters.